The highest BCUT2D eigenvalue weighted by atomic mass is 32.2. The molecule has 208 valence electrons. The third kappa shape index (κ3) is 5.67. The van der Waals surface area contributed by atoms with E-state index in [0.29, 0.717) is 41.9 Å². The molecule has 36 heavy (non-hydrogen) atoms. The van der Waals surface area contributed by atoms with Gasteiger partial charge in [0.05, 0.1) is 18.0 Å². The fourth-order valence-corrected chi connectivity index (χ4v) is 9.90. The average molecular weight is 528 g/mol. The number of rotatable bonds is 9. The summed E-state index contributed by atoms with van der Waals surface area (Å²) >= 11 is 0. The second kappa shape index (κ2) is 10.8. The largest absolute Gasteiger partial charge is 0.393 e. The van der Waals surface area contributed by atoms with Crippen molar-refractivity contribution in [3.05, 3.63) is 0 Å². The molecule has 7 nitrogen and oxygen atoms in total. The Morgan fingerprint density at radius 2 is 1.69 bits per heavy atom. The van der Waals surface area contributed by atoms with Gasteiger partial charge in [0.2, 0.25) is 5.91 Å². The molecule has 0 aromatic carbocycles. The first kappa shape index (κ1) is 28.3. The van der Waals surface area contributed by atoms with Gasteiger partial charge >= 0.3 is 0 Å². The molecule has 8 heteroatoms. The maximum absolute atomic E-state index is 12.0. The van der Waals surface area contributed by atoms with Crippen molar-refractivity contribution in [2.75, 3.05) is 12.3 Å². The van der Waals surface area contributed by atoms with Crippen LogP contribution >= 0.6 is 0 Å². The molecular formula is C28H49NO6S. The topological polar surface area (TPSA) is 124 Å². The number of nitrogens with one attached hydrogen (secondary N) is 1. The van der Waals surface area contributed by atoms with Crippen LogP contribution in [0.25, 0.3) is 0 Å². The number of amides is 1. The van der Waals surface area contributed by atoms with Crippen molar-refractivity contribution in [3.63, 3.8) is 0 Å². The molecule has 4 aliphatic rings. The Morgan fingerprint density at radius 1 is 1.00 bits per heavy atom. The third-order valence-corrected chi connectivity index (χ3v) is 12.1. The van der Waals surface area contributed by atoms with E-state index in [1.165, 1.54) is 25.7 Å². The van der Waals surface area contributed by atoms with Crippen LogP contribution in [0.1, 0.15) is 97.8 Å². The highest BCUT2D eigenvalue weighted by molar-refractivity contribution is 7.85. The van der Waals surface area contributed by atoms with Crippen LogP contribution in [0.2, 0.25) is 0 Å². The first-order valence-corrected chi connectivity index (χ1v) is 16.0. The lowest BCUT2D eigenvalue weighted by Crippen LogP contribution is -2.58. The molecular weight excluding hydrogens is 478 g/mol. The number of carbonyl (C=O) groups is 1. The van der Waals surface area contributed by atoms with E-state index < -0.39 is 15.9 Å². The zero-order valence-corrected chi connectivity index (χ0v) is 23.3. The first-order valence-electron chi connectivity index (χ1n) is 14.4. The molecule has 0 aromatic rings. The Labute approximate surface area is 217 Å². The molecule has 0 aromatic heterocycles. The summed E-state index contributed by atoms with van der Waals surface area (Å²) in [6, 6.07) is 0. The van der Waals surface area contributed by atoms with Gasteiger partial charge in [-0.2, -0.15) is 8.42 Å². The zero-order valence-electron chi connectivity index (χ0n) is 22.5. The Morgan fingerprint density at radius 3 is 2.42 bits per heavy atom. The van der Waals surface area contributed by atoms with Crippen molar-refractivity contribution in [2.24, 2.45) is 46.3 Å². The minimum Gasteiger partial charge on any atom is -0.393 e. The molecule has 0 heterocycles. The molecule has 4 saturated carbocycles. The minimum absolute atomic E-state index is 0.0513. The molecule has 10 atom stereocenters. The van der Waals surface area contributed by atoms with Crippen LogP contribution in [-0.2, 0) is 14.9 Å². The molecule has 4 fully saturated rings. The molecule has 4 aliphatic carbocycles. The highest BCUT2D eigenvalue weighted by Crippen LogP contribution is 2.68. The fourth-order valence-electron chi connectivity index (χ4n) is 9.54. The van der Waals surface area contributed by atoms with Crippen LogP contribution in [0.4, 0.5) is 0 Å². The Kier molecular flexibility index (Phi) is 8.51. The van der Waals surface area contributed by atoms with E-state index in [-0.39, 0.29) is 35.5 Å². The maximum Gasteiger partial charge on any atom is 0.266 e. The van der Waals surface area contributed by atoms with E-state index in [4.69, 9.17) is 4.55 Å². The molecule has 0 unspecified atom stereocenters. The van der Waals surface area contributed by atoms with E-state index in [2.05, 4.69) is 26.1 Å². The Balaban J connectivity index is 1.30. The summed E-state index contributed by atoms with van der Waals surface area (Å²) in [4.78, 5) is 12.0. The molecule has 1 amide bonds. The van der Waals surface area contributed by atoms with E-state index in [9.17, 15) is 23.4 Å². The summed E-state index contributed by atoms with van der Waals surface area (Å²) < 4.78 is 30.3. The predicted molar refractivity (Wildman–Crippen MR) is 140 cm³/mol. The van der Waals surface area contributed by atoms with Crippen LogP contribution in [0, 0.1) is 46.3 Å². The Hall–Kier alpha value is -0.700. The van der Waals surface area contributed by atoms with Gasteiger partial charge < -0.3 is 15.5 Å². The summed E-state index contributed by atoms with van der Waals surface area (Å²) in [5, 5.41) is 24.2. The number of fused-ring (bicyclic) bond motifs is 5. The second-order valence-corrected chi connectivity index (χ2v) is 14.9. The van der Waals surface area contributed by atoms with Gasteiger partial charge in [-0.05, 0) is 104 Å². The number of aliphatic hydroxyl groups is 2. The first-order chi connectivity index (χ1) is 16.8. The van der Waals surface area contributed by atoms with Crippen LogP contribution in [0.3, 0.4) is 0 Å². The summed E-state index contributed by atoms with van der Waals surface area (Å²) in [6.07, 6.45) is 11.4. The van der Waals surface area contributed by atoms with Crippen molar-refractivity contribution < 1.29 is 28.0 Å². The molecule has 0 bridgehead atoms. The average Bonchev–Trinajstić information content (AvgIpc) is 3.14. The minimum atomic E-state index is -4.04. The van der Waals surface area contributed by atoms with Crippen LogP contribution < -0.4 is 5.32 Å². The smallest absolute Gasteiger partial charge is 0.266 e. The number of carbonyl (C=O) groups excluding carboxylic acids is 1. The number of aliphatic hydroxyl groups excluding tert-OH is 2. The van der Waals surface area contributed by atoms with Crippen molar-refractivity contribution >= 4 is 16.0 Å². The molecule has 0 aliphatic heterocycles. The van der Waals surface area contributed by atoms with E-state index in [1.54, 1.807) is 0 Å². The molecule has 4 rings (SSSR count). The normalized spacial score (nSPS) is 43.2. The van der Waals surface area contributed by atoms with Gasteiger partial charge in [-0.15, -0.1) is 0 Å². The summed E-state index contributed by atoms with van der Waals surface area (Å²) in [5.41, 5.74) is 0.530. The fraction of sp³-hybridized carbons (Fsp3) is 0.964. The van der Waals surface area contributed by atoms with E-state index in [0.717, 1.165) is 44.9 Å². The van der Waals surface area contributed by atoms with E-state index >= 15 is 0 Å². The number of hydrogen-bond acceptors (Lipinski definition) is 5. The number of hydrogen-bond donors (Lipinski definition) is 4. The van der Waals surface area contributed by atoms with Crippen LogP contribution in [0.15, 0.2) is 0 Å². The number of unbranched alkanes of at least 4 members (excludes halogenated alkanes) is 1. The van der Waals surface area contributed by atoms with Gasteiger partial charge in [0.25, 0.3) is 10.1 Å². The summed E-state index contributed by atoms with van der Waals surface area (Å²) in [6.45, 7) is 7.28. The zero-order chi connectivity index (χ0) is 26.3. The van der Waals surface area contributed by atoms with E-state index in [1.807, 2.05) is 0 Å². The second-order valence-electron chi connectivity index (χ2n) is 13.3. The summed E-state index contributed by atoms with van der Waals surface area (Å²) in [7, 11) is -4.04. The van der Waals surface area contributed by atoms with Crippen LogP contribution in [-0.4, -0.2) is 53.6 Å². The van der Waals surface area contributed by atoms with Gasteiger partial charge in [-0.1, -0.05) is 33.6 Å². The molecule has 0 spiro atoms. The van der Waals surface area contributed by atoms with Gasteiger partial charge in [0, 0.05) is 13.0 Å². The molecule has 0 saturated heterocycles. The Bertz CT molecular complexity index is 894. The van der Waals surface area contributed by atoms with Gasteiger partial charge in [0.1, 0.15) is 0 Å². The monoisotopic (exact) mass is 527 g/mol. The molecule has 0 radical (unpaired) electrons. The standard InChI is InChI=1S/C28H49NO6S/c1-18(6-4-5-7-25(32)29-14-15-36(33,34)35)21-8-9-22-26-23(11-13-28(21,22)3)27(2)12-10-20(30)16-19(27)17-24(26)31/h18-24,26,30-31H,4-17H2,1-3H3,(H,29,32)(H,33,34,35)/t18-,19+,20-,21-,22+,23+,24+,26+,27+,28-/m1/s1. The summed E-state index contributed by atoms with van der Waals surface area (Å²) in [5.74, 6) is 2.61. The SMILES string of the molecule is C[C@H](CCCCC(=O)NCCS(=O)(=O)O)[C@H]1CC[C@H]2[C@@H]3[C@@H](O)C[C@@H]4C[C@H](O)CC[C@]4(C)[C@H]3CC[C@]12C. The van der Waals surface area contributed by atoms with Gasteiger partial charge in [0.15, 0.2) is 0 Å². The highest BCUT2D eigenvalue weighted by Gasteiger charge is 2.62. The van der Waals surface area contributed by atoms with Crippen molar-refractivity contribution in [1.82, 2.24) is 5.32 Å². The lowest BCUT2D eigenvalue weighted by Gasteiger charge is -2.62. The molecule has 4 N–H and O–H groups in total. The third-order valence-electron chi connectivity index (χ3n) is 11.4. The maximum atomic E-state index is 12.0. The van der Waals surface area contributed by atoms with Gasteiger partial charge in [-0.3, -0.25) is 9.35 Å². The van der Waals surface area contributed by atoms with Crippen molar-refractivity contribution in [2.45, 2.75) is 110 Å². The quantitative estimate of drug-likeness (QED) is 0.263. The van der Waals surface area contributed by atoms with Crippen LogP contribution in [0.5, 0.6) is 0 Å². The van der Waals surface area contributed by atoms with Gasteiger partial charge in [-0.25, -0.2) is 0 Å². The lowest BCUT2D eigenvalue weighted by molar-refractivity contribution is -0.174. The van der Waals surface area contributed by atoms with Crippen molar-refractivity contribution in [1.29, 1.82) is 0 Å². The lowest BCUT2D eigenvalue weighted by atomic mass is 9.43. The van der Waals surface area contributed by atoms with Crippen molar-refractivity contribution in [3.8, 4) is 0 Å². The predicted octanol–water partition coefficient (Wildman–Crippen LogP) is 4.18.